The minimum Gasteiger partial charge on any atom is -0.327 e. The van der Waals surface area contributed by atoms with Gasteiger partial charge in [0.05, 0.1) is 11.6 Å². The lowest BCUT2D eigenvalue weighted by Gasteiger charge is -2.28. The Hall–Kier alpha value is -2.83. The van der Waals surface area contributed by atoms with E-state index in [1.54, 1.807) is 0 Å². The molecule has 0 bridgehead atoms. The van der Waals surface area contributed by atoms with Crippen LogP contribution in [-0.2, 0) is 6.54 Å². The summed E-state index contributed by atoms with van der Waals surface area (Å²) in [6.45, 7) is 4.40. The Kier molecular flexibility index (Phi) is 4.24. The summed E-state index contributed by atoms with van der Waals surface area (Å²) >= 11 is 0. The first kappa shape index (κ1) is 16.0. The third kappa shape index (κ3) is 2.84. The van der Waals surface area contributed by atoms with Crippen LogP contribution >= 0.6 is 0 Å². The summed E-state index contributed by atoms with van der Waals surface area (Å²) in [5.74, 6) is 0.285. The number of aromatic nitrogens is 2. The van der Waals surface area contributed by atoms with E-state index in [-0.39, 0.29) is 5.82 Å². The number of nitrogens with one attached hydrogen (secondary N) is 3. The molecule has 126 valence electrons. The molecule has 24 heavy (non-hydrogen) atoms. The number of H-pyrrole nitrogens is 1. The molecule has 1 aromatic carbocycles. The summed E-state index contributed by atoms with van der Waals surface area (Å²) in [4.78, 5) is 39.0. The summed E-state index contributed by atoms with van der Waals surface area (Å²) in [6.07, 6.45) is 1.67. The van der Waals surface area contributed by atoms with E-state index in [0.29, 0.717) is 12.1 Å². The molecule has 3 N–H and O–H groups in total. The number of carbonyl (C=O) groups excluding carboxylic acids is 1. The number of hydrogen-bond acceptors (Lipinski definition) is 3. The largest absolute Gasteiger partial charge is 0.329 e. The number of amides is 2. The second-order valence-corrected chi connectivity index (χ2v) is 5.97. The molecule has 1 aliphatic rings. The number of fused-ring (bicyclic) bond motifs is 1. The average molecular weight is 328 g/mol. The van der Waals surface area contributed by atoms with E-state index in [4.69, 9.17) is 0 Å². The molecule has 7 nitrogen and oxygen atoms in total. The summed E-state index contributed by atoms with van der Waals surface area (Å²) in [5, 5.41) is 5.40. The summed E-state index contributed by atoms with van der Waals surface area (Å²) in [5.41, 5.74) is 1.20. The van der Waals surface area contributed by atoms with Gasteiger partial charge in [0.2, 0.25) is 0 Å². The lowest BCUT2D eigenvalue weighted by Crippen LogP contribution is -2.46. The number of urea groups is 1. The van der Waals surface area contributed by atoms with E-state index in [1.165, 1.54) is 4.57 Å². The van der Waals surface area contributed by atoms with Crippen molar-refractivity contribution in [3.05, 3.63) is 61.8 Å². The molecule has 3 rings (SSSR count). The van der Waals surface area contributed by atoms with Crippen molar-refractivity contribution in [2.24, 2.45) is 0 Å². The minimum absolute atomic E-state index is 0.285. The molecule has 0 saturated carbocycles. The first-order valence-corrected chi connectivity index (χ1v) is 8.02. The molecule has 1 atom stereocenters. The number of unbranched alkanes of at least 4 members (excludes halogenated alkanes) is 1. The van der Waals surface area contributed by atoms with Crippen molar-refractivity contribution in [3.8, 4) is 0 Å². The van der Waals surface area contributed by atoms with E-state index in [1.807, 2.05) is 38.1 Å². The molecular weight excluding hydrogens is 308 g/mol. The van der Waals surface area contributed by atoms with Gasteiger partial charge in [0, 0.05) is 6.54 Å². The number of nitrogens with zero attached hydrogens (tertiary/aromatic N) is 1. The van der Waals surface area contributed by atoms with Crippen LogP contribution < -0.4 is 21.9 Å². The first-order chi connectivity index (χ1) is 11.5. The van der Waals surface area contributed by atoms with Crippen LogP contribution in [0.4, 0.5) is 10.6 Å². The quantitative estimate of drug-likeness (QED) is 0.799. The second-order valence-electron chi connectivity index (χ2n) is 5.97. The number of hydrogen-bond donors (Lipinski definition) is 3. The van der Waals surface area contributed by atoms with E-state index < -0.39 is 23.3 Å². The maximum Gasteiger partial charge on any atom is 0.329 e. The third-order valence-corrected chi connectivity index (χ3v) is 4.14. The van der Waals surface area contributed by atoms with Crippen LogP contribution in [0, 0.1) is 6.92 Å². The fourth-order valence-corrected chi connectivity index (χ4v) is 2.97. The van der Waals surface area contributed by atoms with Gasteiger partial charge in [0.1, 0.15) is 5.82 Å². The number of aromatic amines is 1. The lowest BCUT2D eigenvalue weighted by molar-refractivity contribution is 0.248. The highest BCUT2D eigenvalue weighted by Crippen LogP contribution is 2.28. The zero-order valence-electron chi connectivity index (χ0n) is 13.7. The van der Waals surface area contributed by atoms with Crippen molar-refractivity contribution in [1.29, 1.82) is 0 Å². The summed E-state index contributed by atoms with van der Waals surface area (Å²) in [7, 11) is 0. The minimum atomic E-state index is -0.592. The fraction of sp³-hybridized carbons (Fsp3) is 0.353. The van der Waals surface area contributed by atoms with E-state index in [9.17, 15) is 14.4 Å². The Morgan fingerprint density at radius 2 is 2.00 bits per heavy atom. The molecule has 1 aliphatic heterocycles. The lowest BCUT2D eigenvalue weighted by atomic mass is 9.97. The number of benzene rings is 1. The summed E-state index contributed by atoms with van der Waals surface area (Å²) < 4.78 is 1.43. The normalized spacial score (nSPS) is 16.2. The molecule has 0 aliphatic carbocycles. The van der Waals surface area contributed by atoms with Crippen molar-refractivity contribution in [1.82, 2.24) is 14.9 Å². The maximum atomic E-state index is 12.4. The number of carbonyl (C=O) groups is 1. The molecule has 0 saturated heterocycles. The number of rotatable bonds is 4. The van der Waals surface area contributed by atoms with Crippen LogP contribution in [0.1, 0.15) is 42.5 Å². The molecule has 0 radical (unpaired) electrons. The van der Waals surface area contributed by atoms with Gasteiger partial charge in [-0.3, -0.25) is 19.7 Å². The SMILES string of the molecule is CCCCn1c2c(c(=O)[nH]c1=O)C(c1cccc(C)c1)NC(=O)N2. The standard InChI is InChI=1S/C17H20N4O3/c1-3-4-8-21-14-12(15(22)20-17(21)24)13(18-16(23)19-14)11-7-5-6-10(2)9-11/h5-7,9,13H,3-4,8H2,1-2H3,(H2,18,19,23)(H,20,22,24). The van der Waals surface area contributed by atoms with Gasteiger partial charge in [0.25, 0.3) is 5.56 Å². The second kappa shape index (κ2) is 6.35. The molecule has 7 heteroatoms. The van der Waals surface area contributed by atoms with Crippen LogP contribution in [0.2, 0.25) is 0 Å². The van der Waals surface area contributed by atoms with Crippen LogP contribution in [0.25, 0.3) is 0 Å². The van der Waals surface area contributed by atoms with Crippen molar-refractivity contribution in [3.63, 3.8) is 0 Å². The van der Waals surface area contributed by atoms with Gasteiger partial charge < -0.3 is 5.32 Å². The fourth-order valence-electron chi connectivity index (χ4n) is 2.97. The van der Waals surface area contributed by atoms with Crippen molar-refractivity contribution in [2.45, 2.75) is 39.3 Å². The Morgan fingerprint density at radius 3 is 2.71 bits per heavy atom. The molecule has 1 unspecified atom stereocenters. The Bertz CT molecular complexity index is 897. The van der Waals surface area contributed by atoms with Crippen LogP contribution in [0.15, 0.2) is 33.9 Å². The van der Waals surface area contributed by atoms with Gasteiger partial charge >= 0.3 is 11.7 Å². The zero-order valence-corrected chi connectivity index (χ0v) is 13.7. The monoisotopic (exact) mass is 328 g/mol. The van der Waals surface area contributed by atoms with E-state index in [2.05, 4.69) is 15.6 Å². The van der Waals surface area contributed by atoms with Crippen molar-refractivity contribution >= 4 is 11.8 Å². The highest BCUT2D eigenvalue weighted by atomic mass is 16.2. The first-order valence-electron chi connectivity index (χ1n) is 8.02. The van der Waals surface area contributed by atoms with Gasteiger partial charge in [-0.2, -0.15) is 0 Å². The zero-order chi connectivity index (χ0) is 17.3. The Balaban J connectivity index is 2.20. The molecular formula is C17H20N4O3. The van der Waals surface area contributed by atoms with Gasteiger partial charge in [-0.05, 0) is 18.9 Å². The smallest absolute Gasteiger partial charge is 0.327 e. The molecule has 1 aromatic heterocycles. The highest BCUT2D eigenvalue weighted by molar-refractivity contribution is 5.92. The average Bonchev–Trinajstić information content (AvgIpc) is 2.53. The molecule has 2 heterocycles. The van der Waals surface area contributed by atoms with Gasteiger partial charge in [-0.1, -0.05) is 43.2 Å². The molecule has 2 aromatic rings. The highest BCUT2D eigenvalue weighted by Gasteiger charge is 2.31. The van der Waals surface area contributed by atoms with Crippen molar-refractivity contribution < 1.29 is 4.79 Å². The van der Waals surface area contributed by atoms with Gasteiger partial charge in [0.15, 0.2) is 0 Å². The Morgan fingerprint density at radius 1 is 1.21 bits per heavy atom. The van der Waals surface area contributed by atoms with E-state index >= 15 is 0 Å². The third-order valence-electron chi connectivity index (χ3n) is 4.14. The number of aryl methyl sites for hydroxylation is 1. The topological polar surface area (TPSA) is 96.0 Å². The van der Waals surface area contributed by atoms with Gasteiger partial charge in [-0.25, -0.2) is 9.59 Å². The molecule has 2 amide bonds. The predicted molar refractivity (Wildman–Crippen MR) is 91.4 cm³/mol. The Labute approximate surface area is 138 Å². The van der Waals surface area contributed by atoms with Crippen LogP contribution in [0.3, 0.4) is 0 Å². The van der Waals surface area contributed by atoms with Crippen molar-refractivity contribution in [2.75, 3.05) is 5.32 Å². The molecule has 0 spiro atoms. The van der Waals surface area contributed by atoms with Crippen LogP contribution in [0.5, 0.6) is 0 Å². The predicted octanol–water partition coefficient (Wildman–Crippen LogP) is 1.87. The maximum absolute atomic E-state index is 12.4. The van der Waals surface area contributed by atoms with Crippen LogP contribution in [-0.4, -0.2) is 15.6 Å². The summed E-state index contributed by atoms with van der Waals surface area (Å²) in [6, 6.07) is 6.57. The molecule has 0 fully saturated rings. The number of anilines is 1. The van der Waals surface area contributed by atoms with Gasteiger partial charge in [-0.15, -0.1) is 0 Å². The van der Waals surface area contributed by atoms with E-state index in [0.717, 1.165) is 24.0 Å².